The Bertz CT molecular complexity index is 1790. The van der Waals surface area contributed by atoms with Gasteiger partial charge >= 0.3 is 12.1 Å². The molecule has 4 aromatic rings. The Morgan fingerprint density at radius 1 is 0.820 bits per heavy atom. The lowest BCUT2D eigenvalue weighted by Crippen LogP contribution is -2.46. The average Bonchev–Trinajstić information content (AvgIpc) is 3.42. The van der Waals surface area contributed by atoms with Crippen LogP contribution in [0.1, 0.15) is 67.9 Å². The number of methoxy groups -OCH3 is 2. The molecule has 0 saturated heterocycles. The Hall–Kier alpha value is -5.35. The average molecular weight is 681 g/mol. The molecule has 10 nitrogen and oxygen atoms in total. The topological polar surface area (TPSA) is 132 Å². The van der Waals surface area contributed by atoms with Gasteiger partial charge in [-0.3, -0.25) is 9.59 Å². The second kappa shape index (κ2) is 15.9. The number of alkyl carbamates (subject to hydrolysis) is 1. The van der Waals surface area contributed by atoms with Gasteiger partial charge in [-0.1, -0.05) is 66.7 Å². The maximum atomic E-state index is 13.6. The first-order chi connectivity index (χ1) is 24.0. The first-order valence-electron chi connectivity index (χ1n) is 16.6. The van der Waals surface area contributed by atoms with Crippen LogP contribution in [0.2, 0.25) is 0 Å². The summed E-state index contributed by atoms with van der Waals surface area (Å²) in [6.45, 7) is 5.21. The van der Waals surface area contributed by atoms with E-state index in [1.807, 2.05) is 66.7 Å². The summed E-state index contributed by atoms with van der Waals surface area (Å²) < 4.78 is 21.8. The number of benzene rings is 4. The molecule has 0 fully saturated rings. The van der Waals surface area contributed by atoms with Crippen LogP contribution in [0.4, 0.5) is 10.5 Å². The Morgan fingerprint density at radius 2 is 1.48 bits per heavy atom. The van der Waals surface area contributed by atoms with Gasteiger partial charge in [0.05, 0.1) is 26.7 Å². The van der Waals surface area contributed by atoms with Gasteiger partial charge in [0, 0.05) is 11.6 Å². The summed E-state index contributed by atoms with van der Waals surface area (Å²) in [5.74, 6) is -0.236. The smallest absolute Gasteiger partial charge is 0.407 e. The number of amides is 2. The number of carbonyl (C=O) groups excluding carboxylic acids is 3. The monoisotopic (exact) mass is 680 g/mol. The van der Waals surface area contributed by atoms with Gasteiger partial charge in [-0.25, -0.2) is 4.79 Å². The zero-order valence-electron chi connectivity index (χ0n) is 29.0. The number of fused-ring (bicyclic) bond motifs is 3. The summed E-state index contributed by atoms with van der Waals surface area (Å²) in [5, 5.41) is 16.3. The lowest BCUT2D eigenvalue weighted by Gasteiger charge is -2.23. The van der Waals surface area contributed by atoms with Crippen molar-refractivity contribution in [1.29, 1.82) is 0 Å². The van der Waals surface area contributed by atoms with Crippen molar-refractivity contribution >= 4 is 23.7 Å². The minimum absolute atomic E-state index is 0.0455. The number of esters is 1. The van der Waals surface area contributed by atoms with Crippen molar-refractivity contribution in [2.24, 2.45) is 0 Å². The number of aliphatic hydroxyl groups is 1. The molecule has 0 aliphatic heterocycles. The van der Waals surface area contributed by atoms with E-state index in [4.69, 9.17) is 18.9 Å². The summed E-state index contributed by atoms with van der Waals surface area (Å²) in [7, 11) is 3.14. The van der Waals surface area contributed by atoms with Crippen LogP contribution in [0.25, 0.3) is 11.1 Å². The number of anilines is 1. The number of hydrogen-bond donors (Lipinski definition) is 3. The van der Waals surface area contributed by atoms with Gasteiger partial charge in [0.2, 0.25) is 5.91 Å². The van der Waals surface area contributed by atoms with E-state index in [1.54, 1.807) is 59.3 Å². The fourth-order valence-corrected chi connectivity index (χ4v) is 6.10. The Labute approximate surface area is 292 Å². The summed E-state index contributed by atoms with van der Waals surface area (Å²) in [6.07, 6.45) is -1.09. The molecule has 262 valence electrons. The molecular weight excluding hydrogens is 636 g/mol. The molecule has 4 aromatic carbocycles. The van der Waals surface area contributed by atoms with Gasteiger partial charge in [0.25, 0.3) is 0 Å². The normalized spacial score (nSPS) is 13.3. The predicted molar refractivity (Wildman–Crippen MR) is 190 cm³/mol. The number of ether oxygens (including phenoxy) is 4. The Balaban J connectivity index is 1.24. The molecule has 0 aromatic heterocycles. The van der Waals surface area contributed by atoms with Crippen LogP contribution >= 0.6 is 0 Å². The maximum absolute atomic E-state index is 13.6. The van der Waals surface area contributed by atoms with Crippen LogP contribution in [0.3, 0.4) is 0 Å². The maximum Gasteiger partial charge on any atom is 0.407 e. The predicted octanol–water partition coefficient (Wildman–Crippen LogP) is 6.95. The van der Waals surface area contributed by atoms with Gasteiger partial charge in [0.1, 0.15) is 18.2 Å². The Morgan fingerprint density at radius 3 is 2.12 bits per heavy atom. The van der Waals surface area contributed by atoms with Crippen molar-refractivity contribution in [1.82, 2.24) is 5.32 Å². The van der Waals surface area contributed by atoms with Crippen LogP contribution in [0.15, 0.2) is 91.0 Å². The van der Waals surface area contributed by atoms with Crippen molar-refractivity contribution in [3.63, 3.8) is 0 Å². The second-order valence-corrected chi connectivity index (χ2v) is 13.2. The van der Waals surface area contributed by atoms with Crippen LogP contribution < -0.4 is 20.1 Å². The van der Waals surface area contributed by atoms with Crippen molar-refractivity contribution in [2.45, 2.75) is 63.7 Å². The zero-order valence-corrected chi connectivity index (χ0v) is 29.0. The molecule has 1 aliphatic rings. The highest BCUT2D eigenvalue weighted by Crippen LogP contribution is 2.44. The number of carbonyl (C=O) groups is 3. The van der Waals surface area contributed by atoms with Gasteiger partial charge in [-0.2, -0.15) is 0 Å². The van der Waals surface area contributed by atoms with E-state index >= 15 is 0 Å². The van der Waals surface area contributed by atoms with Gasteiger partial charge in [-0.15, -0.1) is 0 Å². The number of hydrogen-bond acceptors (Lipinski definition) is 8. The lowest BCUT2D eigenvalue weighted by molar-refractivity contribution is -0.156. The van der Waals surface area contributed by atoms with Crippen molar-refractivity contribution in [3.05, 3.63) is 113 Å². The van der Waals surface area contributed by atoms with Crippen molar-refractivity contribution in [2.75, 3.05) is 26.1 Å². The number of rotatable bonds is 13. The van der Waals surface area contributed by atoms with Gasteiger partial charge < -0.3 is 34.7 Å². The third-order valence-corrected chi connectivity index (χ3v) is 8.44. The molecule has 50 heavy (non-hydrogen) atoms. The van der Waals surface area contributed by atoms with Crippen molar-refractivity contribution in [3.8, 4) is 22.6 Å². The standard InChI is InChI=1S/C40H44N2O8/c1-40(2,3)50-37(44)23-33(42-39(46)49-24-32-30-15-8-6-13-28(30)29-14-7-9-16-31(29)32)38(45)41-27-12-10-11-26(22-27)34(43)19-17-25-18-20-35(47-4)36(21-25)48-5/h6-16,18,20-22,32-34,43H,17,19,23-24H2,1-5H3,(H,41,45)(H,42,46)/t33-,34+/m0/s1. The minimum Gasteiger partial charge on any atom is -0.493 e. The molecule has 0 saturated carbocycles. The fourth-order valence-electron chi connectivity index (χ4n) is 6.10. The van der Waals surface area contributed by atoms with E-state index in [0.717, 1.165) is 27.8 Å². The van der Waals surface area contributed by atoms with Crippen LogP contribution in [-0.2, 0) is 25.5 Å². The highest BCUT2D eigenvalue weighted by atomic mass is 16.6. The van der Waals surface area contributed by atoms with E-state index < -0.39 is 42.1 Å². The summed E-state index contributed by atoms with van der Waals surface area (Å²) in [4.78, 5) is 39.5. The number of nitrogens with one attached hydrogen (secondary N) is 2. The third-order valence-electron chi connectivity index (χ3n) is 8.44. The SMILES string of the molecule is COc1ccc(CC[C@@H](O)c2cccc(NC(=O)[C@H](CC(=O)OC(C)(C)C)NC(=O)OCC3c4ccccc4-c4ccccc43)c2)cc1OC. The second-order valence-electron chi connectivity index (χ2n) is 13.2. The number of aryl methyl sites for hydroxylation is 1. The Kier molecular flexibility index (Phi) is 11.4. The summed E-state index contributed by atoms with van der Waals surface area (Å²) in [5.41, 5.74) is 5.45. The molecule has 2 amide bonds. The molecule has 0 radical (unpaired) electrons. The highest BCUT2D eigenvalue weighted by Gasteiger charge is 2.31. The molecule has 10 heteroatoms. The molecule has 0 bridgehead atoms. The minimum atomic E-state index is -1.29. The van der Waals surface area contributed by atoms with Gasteiger partial charge in [0.15, 0.2) is 11.5 Å². The van der Waals surface area contributed by atoms with E-state index in [2.05, 4.69) is 10.6 Å². The molecule has 3 N–H and O–H groups in total. The zero-order chi connectivity index (χ0) is 35.8. The van der Waals surface area contributed by atoms with Crippen LogP contribution in [0, 0.1) is 0 Å². The van der Waals surface area contributed by atoms with Gasteiger partial charge in [-0.05, 0) is 91.3 Å². The highest BCUT2D eigenvalue weighted by molar-refractivity contribution is 5.98. The quantitative estimate of drug-likeness (QED) is 0.129. The summed E-state index contributed by atoms with van der Waals surface area (Å²) in [6, 6.07) is 27.1. The molecule has 0 unspecified atom stereocenters. The molecule has 0 spiro atoms. The van der Waals surface area contributed by atoms with E-state index in [1.165, 1.54) is 0 Å². The first-order valence-corrected chi connectivity index (χ1v) is 16.6. The lowest BCUT2D eigenvalue weighted by atomic mass is 9.98. The fraction of sp³-hybridized carbons (Fsp3) is 0.325. The molecule has 1 aliphatic carbocycles. The largest absolute Gasteiger partial charge is 0.493 e. The molecule has 2 atom stereocenters. The van der Waals surface area contributed by atoms with Crippen molar-refractivity contribution < 1.29 is 38.4 Å². The van der Waals surface area contributed by atoms with Crippen LogP contribution in [0.5, 0.6) is 11.5 Å². The van der Waals surface area contributed by atoms with Crippen LogP contribution in [-0.4, -0.2) is 55.5 Å². The van der Waals surface area contributed by atoms with E-state index in [9.17, 15) is 19.5 Å². The third kappa shape index (κ3) is 9.00. The molecule has 5 rings (SSSR count). The van der Waals surface area contributed by atoms with E-state index in [-0.39, 0.29) is 12.5 Å². The van der Waals surface area contributed by atoms with E-state index in [0.29, 0.717) is 35.6 Å². The molecule has 0 heterocycles. The molecular formula is C40H44N2O8. The number of aliphatic hydroxyl groups excluding tert-OH is 1. The first kappa shape index (κ1) is 35.9. The summed E-state index contributed by atoms with van der Waals surface area (Å²) >= 11 is 0.